The van der Waals surface area contributed by atoms with Crippen molar-refractivity contribution in [2.75, 3.05) is 0 Å². The number of pyridine rings is 1. The molecule has 0 spiro atoms. The van der Waals surface area contributed by atoms with Crippen LogP contribution in [0, 0.1) is 5.82 Å². The van der Waals surface area contributed by atoms with E-state index >= 15 is 0 Å². The fourth-order valence-electron chi connectivity index (χ4n) is 1.36. The molecule has 0 fully saturated rings. The molecule has 2 aromatic rings. The van der Waals surface area contributed by atoms with Crippen molar-refractivity contribution >= 4 is 23.4 Å². The van der Waals surface area contributed by atoms with Crippen LogP contribution in [0.5, 0.6) is 0 Å². The van der Waals surface area contributed by atoms with E-state index in [9.17, 15) is 4.39 Å². The zero-order chi connectivity index (χ0) is 12.3. The van der Waals surface area contributed by atoms with Gasteiger partial charge in [-0.05, 0) is 35.9 Å². The first-order chi connectivity index (χ1) is 8.20. The Bertz CT molecular complexity index is 534. The summed E-state index contributed by atoms with van der Waals surface area (Å²) in [6.45, 7) is 0.282. The summed E-state index contributed by atoms with van der Waals surface area (Å²) < 4.78 is 13.0. The monoisotopic (exact) mass is 268 g/mol. The summed E-state index contributed by atoms with van der Waals surface area (Å²) in [7, 11) is 0. The molecule has 0 aliphatic heterocycles. The molecular formula is C12H10ClFN2S. The molecule has 5 heteroatoms. The van der Waals surface area contributed by atoms with Gasteiger partial charge in [0, 0.05) is 17.6 Å². The number of hydrogen-bond donors (Lipinski definition) is 1. The fourth-order valence-corrected chi connectivity index (χ4v) is 2.49. The molecule has 0 saturated heterocycles. The van der Waals surface area contributed by atoms with E-state index in [4.69, 9.17) is 17.3 Å². The first-order valence-electron chi connectivity index (χ1n) is 4.97. The van der Waals surface area contributed by atoms with Gasteiger partial charge in [-0.2, -0.15) is 0 Å². The Balaban J connectivity index is 2.33. The zero-order valence-electron chi connectivity index (χ0n) is 8.86. The molecule has 2 nitrogen and oxygen atoms in total. The topological polar surface area (TPSA) is 38.9 Å². The molecule has 17 heavy (non-hydrogen) atoms. The Morgan fingerprint density at radius 2 is 2.18 bits per heavy atom. The lowest BCUT2D eigenvalue weighted by molar-refractivity contribution is 0.623. The second-order valence-corrected chi connectivity index (χ2v) is 4.79. The van der Waals surface area contributed by atoms with E-state index in [-0.39, 0.29) is 12.4 Å². The van der Waals surface area contributed by atoms with Crippen LogP contribution in [0.4, 0.5) is 4.39 Å². The molecule has 1 aromatic heterocycles. The Morgan fingerprint density at radius 3 is 2.88 bits per heavy atom. The van der Waals surface area contributed by atoms with Gasteiger partial charge in [0.05, 0.1) is 5.02 Å². The van der Waals surface area contributed by atoms with E-state index in [0.29, 0.717) is 10.0 Å². The average molecular weight is 269 g/mol. The van der Waals surface area contributed by atoms with Crippen LogP contribution in [0.3, 0.4) is 0 Å². The highest BCUT2D eigenvalue weighted by Gasteiger charge is 2.08. The smallest absolute Gasteiger partial charge is 0.123 e. The Hall–Kier alpha value is -1.10. The van der Waals surface area contributed by atoms with Gasteiger partial charge in [0.15, 0.2) is 0 Å². The molecule has 0 saturated carbocycles. The lowest BCUT2D eigenvalue weighted by Gasteiger charge is -2.07. The summed E-state index contributed by atoms with van der Waals surface area (Å²) in [5, 5.41) is 1.26. The van der Waals surface area contributed by atoms with Crippen LogP contribution in [0.15, 0.2) is 46.5 Å². The first-order valence-corrected chi connectivity index (χ1v) is 6.17. The third-order valence-electron chi connectivity index (χ3n) is 2.17. The highest BCUT2D eigenvalue weighted by Crippen LogP contribution is 2.33. The molecule has 0 unspecified atom stereocenters. The Labute approximate surface area is 108 Å². The minimum absolute atomic E-state index is 0.282. The van der Waals surface area contributed by atoms with Gasteiger partial charge in [-0.3, -0.25) is 0 Å². The number of hydrogen-bond acceptors (Lipinski definition) is 3. The van der Waals surface area contributed by atoms with Crippen LogP contribution in [0.2, 0.25) is 5.02 Å². The van der Waals surface area contributed by atoms with Crippen LogP contribution in [0.1, 0.15) is 5.56 Å². The molecule has 88 valence electrons. The van der Waals surface area contributed by atoms with Crippen LogP contribution in [0.25, 0.3) is 0 Å². The van der Waals surface area contributed by atoms with Gasteiger partial charge in [0.2, 0.25) is 0 Å². The summed E-state index contributed by atoms with van der Waals surface area (Å²) >= 11 is 7.40. The van der Waals surface area contributed by atoms with Crippen molar-refractivity contribution in [2.24, 2.45) is 5.73 Å². The maximum Gasteiger partial charge on any atom is 0.123 e. The Kier molecular flexibility index (Phi) is 3.99. The predicted molar refractivity (Wildman–Crippen MR) is 67.7 cm³/mol. The molecule has 0 radical (unpaired) electrons. The number of rotatable bonds is 3. The Morgan fingerprint density at radius 1 is 1.35 bits per heavy atom. The molecule has 0 bridgehead atoms. The second-order valence-electron chi connectivity index (χ2n) is 3.35. The first kappa shape index (κ1) is 12.4. The van der Waals surface area contributed by atoms with Gasteiger partial charge in [-0.1, -0.05) is 23.4 Å². The predicted octanol–water partition coefficient (Wildman–Crippen LogP) is 3.48. The van der Waals surface area contributed by atoms with Crippen LogP contribution in [-0.2, 0) is 6.54 Å². The highest BCUT2D eigenvalue weighted by molar-refractivity contribution is 7.99. The number of halogens is 2. The zero-order valence-corrected chi connectivity index (χ0v) is 10.4. The van der Waals surface area contributed by atoms with Gasteiger partial charge < -0.3 is 5.73 Å². The van der Waals surface area contributed by atoms with E-state index in [1.807, 2.05) is 0 Å². The van der Waals surface area contributed by atoms with Crippen molar-refractivity contribution in [3.05, 3.63) is 52.9 Å². The molecule has 1 aromatic carbocycles. The number of benzene rings is 1. The number of nitrogens with two attached hydrogens (primary N) is 1. The summed E-state index contributed by atoms with van der Waals surface area (Å²) in [6.07, 6.45) is 1.67. The largest absolute Gasteiger partial charge is 0.326 e. The summed E-state index contributed by atoms with van der Waals surface area (Å²) in [5.74, 6) is -0.290. The number of nitrogens with zero attached hydrogens (tertiary/aromatic N) is 1. The summed E-state index contributed by atoms with van der Waals surface area (Å²) in [5.41, 5.74) is 6.32. The van der Waals surface area contributed by atoms with Gasteiger partial charge in [0.25, 0.3) is 0 Å². The molecule has 2 rings (SSSR count). The van der Waals surface area contributed by atoms with Crippen LogP contribution < -0.4 is 5.73 Å². The van der Waals surface area contributed by atoms with Crippen molar-refractivity contribution in [3.8, 4) is 0 Å². The summed E-state index contributed by atoms with van der Waals surface area (Å²) in [4.78, 5) is 5.04. The number of aromatic nitrogens is 1. The van der Waals surface area contributed by atoms with Gasteiger partial charge in [-0.25, -0.2) is 9.37 Å². The SMILES string of the molecule is NCc1cc(F)ccc1Sc1ncccc1Cl. The second kappa shape index (κ2) is 5.49. The van der Waals surface area contributed by atoms with E-state index < -0.39 is 0 Å². The normalized spacial score (nSPS) is 10.5. The molecule has 0 amide bonds. The van der Waals surface area contributed by atoms with Gasteiger partial charge in [0.1, 0.15) is 10.8 Å². The van der Waals surface area contributed by atoms with E-state index in [1.54, 1.807) is 24.4 Å². The van der Waals surface area contributed by atoms with Gasteiger partial charge >= 0.3 is 0 Å². The minimum atomic E-state index is -0.290. The van der Waals surface area contributed by atoms with E-state index in [1.165, 1.54) is 23.9 Å². The molecule has 0 aliphatic carbocycles. The maximum atomic E-state index is 13.0. The summed E-state index contributed by atoms with van der Waals surface area (Å²) in [6, 6.07) is 8.05. The molecule has 2 N–H and O–H groups in total. The molecule has 1 heterocycles. The van der Waals surface area contributed by atoms with Crippen LogP contribution in [-0.4, -0.2) is 4.98 Å². The van der Waals surface area contributed by atoms with Crippen molar-refractivity contribution in [2.45, 2.75) is 16.5 Å². The third-order valence-corrected chi connectivity index (χ3v) is 3.73. The van der Waals surface area contributed by atoms with E-state index in [0.717, 1.165) is 10.5 Å². The highest BCUT2D eigenvalue weighted by atomic mass is 35.5. The maximum absolute atomic E-state index is 13.0. The molecule has 0 aliphatic rings. The standard InChI is InChI=1S/C12H10ClFN2S/c13-10-2-1-5-16-12(10)17-11-4-3-9(14)6-8(11)7-15/h1-6H,7,15H2. The third kappa shape index (κ3) is 2.97. The lowest BCUT2D eigenvalue weighted by Crippen LogP contribution is -1.99. The average Bonchev–Trinajstić information content (AvgIpc) is 2.34. The fraction of sp³-hybridized carbons (Fsp3) is 0.0833. The van der Waals surface area contributed by atoms with Crippen molar-refractivity contribution in [1.29, 1.82) is 0 Å². The lowest BCUT2D eigenvalue weighted by atomic mass is 10.2. The molecule has 0 atom stereocenters. The molecular weight excluding hydrogens is 259 g/mol. The van der Waals surface area contributed by atoms with Crippen molar-refractivity contribution in [3.63, 3.8) is 0 Å². The minimum Gasteiger partial charge on any atom is -0.326 e. The van der Waals surface area contributed by atoms with E-state index in [2.05, 4.69) is 4.98 Å². The quantitative estimate of drug-likeness (QED) is 0.926. The van der Waals surface area contributed by atoms with Crippen molar-refractivity contribution < 1.29 is 4.39 Å². The van der Waals surface area contributed by atoms with Gasteiger partial charge in [-0.15, -0.1) is 0 Å². The van der Waals surface area contributed by atoms with Crippen LogP contribution >= 0.6 is 23.4 Å². The van der Waals surface area contributed by atoms with Crippen molar-refractivity contribution in [1.82, 2.24) is 4.98 Å².